The fourth-order valence-electron chi connectivity index (χ4n) is 2.91. The van der Waals surface area contributed by atoms with E-state index in [0.29, 0.717) is 54.4 Å². The van der Waals surface area contributed by atoms with Gasteiger partial charge in [-0.15, -0.1) is 11.3 Å². The van der Waals surface area contributed by atoms with Crippen molar-refractivity contribution in [1.82, 2.24) is 15.4 Å². The summed E-state index contributed by atoms with van der Waals surface area (Å²) in [7, 11) is 0. The molecule has 2 aromatic carbocycles. The number of hydrogen-bond donors (Lipinski definition) is 1. The van der Waals surface area contributed by atoms with Gasteiger partial charge in [-0.25, -0.2) is 9.99 Å². The van der Waals surface area contributed by atoms with Gasteiger partial charge in [0.05, 0.1) is 13.2 Å². The third-order valence-corrected chi connectivity index (χ3v) is 5.98. The van der Waals surface area contributed by atoms with E-state index in [1.807, 2.05) is 35.3 Å². The van der Waals surface area contributed by atoms with Crippen LogP contribution < -0.4 is 10.2 Å². The molecular formula is C21H19Cl2N3O3S. The van der Waals surface area contributed by atoms with Crippen molar-refractivity contribution in [3.63, 3.8) is 0 Å². The zero-order valence-electron chi connectivity index (χ0n) is 15.9. The molecule has 1 fully saturated rings. The summed E-state index contributed by atoms with van der Waals surface area (Å²) in [6, 6.07) is 12.9. The molecule has 0 bridgehead atoms. The molecule has 4 rings (SSSR count). The van der Waals surface area contributed by atoms with Gasteiger partial charge >= 0.3 is 0 Å². The van der Waals surface area contributed by atoms with E-state index in [1.165, 1.54) is 11.3 Å². The molecule has 1 N–H and O–H groups in total. The largest absolute Gasteiger partial charge is 0.489 e. The molecule has 1 amide bonds. The Labute approximate surface area is 188 Å². The van der Waals surface area contributed by atoms with Gasteiger partial charge in [-0.3, -0.25) is 10.2 Å². The summed E-state index contributed by atoms with van der Waals surface area (Å²) in [5, 5.41) is 5.50. The Morgan fingerprint density at radius 3 is 2.83 bits per heavy atom. The second-order valence-electron chi connectivity index (χ2n) is 6.63. The summed E-state index contributed by atoms with van der Waals surface area (Å²) in [5.41, 5.74) is 4.99. The van der Waals surface area contributed by atoms with Gasteiger partial charge in [0.1, 0.15) is 23.1 Å². The fraction of sp³-hybridized carbons (Fsp3) is 0.238. The fourth-order valence-corrected chi connectivity index (χ4v) is 4.17. The molecule has 9 heteroatoms. The minimum Gasteiger partial charge on any atom is -0.489 e. The van der Waals surface area contributed by atoms with Crippen LogP contribution in [0, 0.1) is 0 Å². The molecule has 0 saturated carbocycles. The number of hydrazine groups is 1. The van der Waals surface area contributed by atoms with Crippen LogP contribution in [0.4, 0.5) is 0 Å². The summed E-state index contributed by atoms with van der Waals surface area (Å²) in [6.45, 7) is 2.87. The van der Waals surface area contributed by atoms with Gasteiger partial charge in [-0.1, -0.05) is 41.4 Å². The molecule has 1 aliphatic heterocycles. The Bertz CT molecular complexity index is 1040. The van der Waals surface area contributed by atoms with E-state index in [4.69, 9.17) is 32.7 Å². The maximum absolute atomic E-state index is 12.4. The van der Waals surface area contributed by atoms with Crippen LogP contribution in [-0.4, -0.2) is 42.2 Å². The monoisotopic (exact) mass is 463 g/mol. The lowest BCUT2D eigenvalue weighted by Crippen LogP contribution is -2.48. The predicted octanol–water partition coefficient (Wildman–Crippen LogP) is 4.67. The first kappa shape index (κ1) is 21.1. The second kappa shape index (κ2) is 9.76. The molecule has 3 aromatic rings. The van der Waals surface area contributed by atoms with Crippen LogP contribution >= 0.6 is 34.5 Å². The van der Waals surface area contributed by atoms with Crippen molar-refractivity contribution in [3.8, 4) is 16.3 Å². The first-order chi connectivity index (χ1) is 14.6. The Kier molecular flexibility index (Phi) is 6.86. The van der Waals surface area contributed by atoms with E-state index < -0.39 is 0 Å². The number of hydrogen-bond acceptors (Lipinski definition) is 6. The van der Waals surface area contributed by atoms with Crippen molar-refractivity contribution in [3.05, 3.63) is 69.1 Å². The number of amides is 1. The van der Waals surface area contributed by atoms with Crippen molar-refractivity contribution in [2.75, 3.05) is 26.3 Å². The van der Waals surface area contributed by atoms with Gasteiger partial charge in [-0.05, 0) is 24.3 Å². The normalized spacial score (nSPS) is 14.5. The second-order valence-corrected chi connectivity index (χ2v) is 8.33. The first-order valence-electron chi connectivity index (χ1n) is 9.35. The molecular weight excluding hydrogens is 445 g/mol. The predicted molar refractivity (Wildman–Crippen MR) is 118 cm³/mol. The molecule has 0 unspecified atom stereocenters. The van der Waals surface area contributed by atoms with E-state index >= 15 is 0 Å². The van der Waals surface area contributed by atoms with Crippen molar-refractivity contribution in [1.29, 1.82) is 0 Å². The quantitative estimate of drug-likeness (QED) is 0.575. The van der Waals surface area contributed by atoms with Gasteiger partial charge in [0, 0.05) is 39.6 Å². The molecule has 1 aromatic heterocycles. The summed E-state index contributed by atoms with van der Waals surface area (Å²) >= 11 is 13.6. The van der Waals surface area contributed by atoms with E-state index in [9.17, 15) is 4.79 Å². The highest BCUT2D eigenvalue weighted by Gasteiger charge is 2.17. The minimum absolute atomic E-state index is 0.218. The molecule has 1 saturated heterocycles. The van der Waals surface area contributed by atoms with Gasteiger partial charge in [0.25, 0.3) is 5.91 Å². The maximum Gasteiger partial charge on any atom is 0.285 e. The first-order valence-corrected chi connectivity index (χ1v) is 11.0. The number of aromatic nitrogens is 1. The van der Waals surface area contributed by atoms with Crippen molar-refractivity contribution >= 4 is 40.4 Å². The summed E-state index contributed by atoms with van der Waals surface area (Å²) in [5.74, 6) is 0.470. The maximum atomic E-state index is 12.4. The number of nitrogens with one attached hydrogen (secondary N) is 1. The molecule has 30 heavy (non-hydrogen) atoms. The number of rotatable bonds is 6. The van der Waals surface area contributed by atoms with Crippen LogP contribution in [0.1, 0.15) is 16.1 Å². The van der Waals surface area contributed by atoms with Crippen LogP contribution in [0.2, 0.25) is 10.0 Å². The summed E-state index contributed by atoms with van der Waals surface area (Å²) < 4.78 is 11.2. The van der Waals surface area contributed by atoms with E-state index in [1.54, 1.807) is 17.5 Å². The topological polar surface area (TPSA) is 63.7 Å². The molecule has 6 nitrogen and oxygen atoms in total. The zero-order chi connectivity index (χ0) is 20.9. The highest BCUT2D eigenvalue weighted by atomic mass is 35.5. The van der Waals surface area contributed by atoms with Gasteiger partial charge in [-0.2, -0.15) is 0 Å². The molecule has 156 valence electrons. The number of morpholine rings is 1. The summed E-state index contributed by atoms with van der Waals surface area (Å²) in [6.07, 6.45) is 0. The third-order valence-electron chi connectivity index (χ3n) is 4.50. The van der Waals surface area contributed by atoms with E-state index in [-0.39, 0.29) is 5.91 Å². The van der Waals surface area contributed by atoms with Gasteiger partial charge in [0.15, 0.2) is 0 Å². The van der Waals surface area contributed by atoms with Crippen LogP contribution in [0.25, 0.3) is 10.6 Å². The average molecular weight is 464 g/mol. The highest BCUT2D eigenvalue weighted by molar-refractivity contribution is 7.13. The average Bonchev–Trinajstić information content (AvgIpc) is 3.25. The Morgan fingerprint density at radius 1 is 1.20 bits per heavy atom. The SMILES string of the molecule is O=C(NN1CCOCC1)c1csc(-c2cccc(OCc3ccc(Cl)cc3Cl)c2)n1. The van der Waals surface area contributed by atoms with Crippen LogP contribution in [-0.2, 0) is 11.3 Å². The molecule has 2 heterocycles. The molecule has 0 radical (unpaired) electrons. The molecule has 0 aliphatic carbocycles. The highest BCUT2D eigenvalue weighted by Crippen LogP contribution is 2.28. The van der Waals surface area contributed by atoms with Crippen LogP contribution in [0.15, 0.2) is 47.8 Å². The smallest absolute Gasteiger partial charge is 0.285 e. The van der Waals surface area contributed by atoms with Gasteiger partial charge in [0.2, 0.25) is 0 Å². The Balaban J connectivity index is 1.41. The lowest BCUT2D eigenvalue weighted by molar-refractivity contribution is 0.0125. The Hall–Kier alpha value is -2.16. The van der Waals surface area contributed by atoms with Crippen molar-refractivity contribution in [2.45, 2.75) is 6.61 Å². The van der Waals surface area contributed by atoms with Crippen LogP contribution in [0.5, 0.6) is 5.75 Å². The number of halogens is 2. The standard InChI is InChI=1S/C21H19Cl2N3O3S/c22-16-5-4-15(18(23)11-16)12-29-17-3-1-2-14(10-17)21-24-19(13-30-21)20(27)25-26-6-8-28-9-7-26/h1-5,10-11,13H,6-9,12H2,(H,25,27). The lowest BCUT2D eigenvalue weighted by Gasteiger charge is -2.26. The number of carbonyl (C=O) groups is 1. The zero-order valence-corrected chi connectivity index (χ0v) is 18.3. The number of ether oxygens (including phenoxy) is 2. The van der Waals surface area contributed by atoms with Crippen molar-refractivity contribution in [2.24, 2.45) is 0 Å². The Morgan fingerprint density at radius 2 is 2.03 bits per heavy atom. The number of carbonyl (C=O) groups excluding carboxylic acids is 1. The third kappa shape index (κ3) is 5.30. The van der Waals surface area contributed by atoms with Crippen LogP contribution in [0.3, 0.4) is 0 Å². The summed E-state index contributed by atoms with van der Waals surface area (Å²) in [4.78, 5) is 16.9. The molecule has 0 atom stereocenters. The number of benzene rings is 2. The molecule has 0 spiro atoms. The van der Waals surface area contributed by atoms with Crippen molar-refractivity contribution < 1.29 is 14.3 Å². The van der Waals surface area contributed by atoms with E-state index in [2.05, 4.69) is 10.4 Å². The van der Waals surface area contributed by atoms with Gasteiger partial charge < -0.3 is 9.47 Å². The number of thiazole rings is 1. The minimum atomic E-state index is -0.218. The molecule has 1 aliphatic rings. The lowest BCUT2D eigenvalue weighted by atomic mass is 10.2. The van der Waals surface area contributed by atoms with E-state index in [0.717, 1.165) is 16.1 Å². The number of nitrogens with zero attached hydrogens (tertiary/aromatic N) is 2.